The zero-order chi connectivity index (χ0) is 36.4. The van der Waals surface area contributed by atoms with Gasteiger partial charge in [-0.25, -0.2) is 4.79 Å². The molecule has 2 aliphatic heterocycles. The van der Waals surface area contributed by atoms with E-state index in [1.807, 2.05) is 44.2 Å². The SMILES string of the molecule is COc1ccc(CO[C@H](/C=C\[C@@H](C)[C@H](C)O[Si](C)(C)C(C)(C)C)[C@H]2OC(C)(C)O[C@H]2C/C=C/c2cc(O)cc3c2C(=O)OC(C)(C)O3)cc1. The first-order chi connectivity index (χ1) is 22.7. The van der Waals surface area contributed by atoms with E-state index in [4.69, 9.17) is 32.8 Å². The molecule has 2 heterocycles. The lowest BCUT2D eigenvalue weighted by Gasteiger charge is -2.39. The number of hydrogen-bond acceptors (Lipinski definition) is 9. The van der Waals surface area contributed by atoms with Crippen molar-refractivity contribution in [2.45, 2.75) is 129 Å². The second-order valence-electron chi connectivity index (χ2n) is 15.5. The highest BCUT2D eigenvalue weighted by atomic mass is 28.4. The standard InChI is InChI=1S/C39H56O9Si/c1-25(26(2)48-49(11,12)37(3,4)5)16-21-31(43-24-27-17-19-30(42-10)20-18-27)35-32(44-38(6,7)46-35)15-13-14-28-22-29(40)23-33-34(28)36(41)47-39(8,9)45-33/h13-14,16-23,25-26,31-32,35,40H,15,24H2,1-12H3/b14-13+,21-16-/t25-,26+,31-,32+,35-/m1/s1. The van der Waals surface area contributed by atoms with Crippen LogP contribution in [0.25, 0.3) is 6.08 Å². The van der Waals surface area contributed by atoms with Gasteiger partial charge in [0.15, 0.2) is 14.1 Å². The first-order valence-corrected chi connectivity index (χ1v) is 20.0. The van der Waals surface area contributed by atoms with Gasteiger partial charge in [-0.3, -0.25) is 0 Å². The number of carbonyl (C=O) groups is 1. The van der Waals surface area contributed by atoms with Gasteiger partial charge in [-0.05, 0) is 80.6 Å². The Balaban J connectivity index is 1.58. The van der Waals surface area contributed by atoms with E-state index >= 15 is 0 Å². The van der Waals surface area contributed by atoms with Crippen LogP contribution < -0.4 is 9.47 Å². The molecule has 2 aromatic carbocycles. The number of esters is 1. The zero-order valence-electron chi connectivity index (χ0n) is 31.3. The molecule has 49 heavy (non-hydrogen) atoms. The minimum absolute atomic E-state index is 0.0126. The third-order valence-electron chi connectivity index (χ3n) is 9.46. The summed E-state index contributed by atoms with van der Waals surface area (Å²) in [6.07, 6.45) is 7.14. The molecule has 0 aliphatic carbocycles. The molecule has 2 aromatic rings. The molecule has 0 unspecified atom stereocenters. The average molecular weight is 697 g/mol. The molecule has 270 valence electrons. The van der Waals surface area contributed by atoms with Gasteiger partial charge in [0, 0.05) is 26.0 Å². The van der Waals surface area contributed by atoms with Gasteiger partial charge in [0.2, 0.25) is 5.79 Å². The Kier molecular flexibility index (Phi) is 11.8. The monoisotopic (exact) mass is 696 g/mol. The van der Waals surface area contributed by atoms with Crippen LogP contribution in [-0.4, -0.2) is 62.5 Å². The fourth-order valence-electron chi connectivity index (χ4n) is 5.63. The van der Waals surface area contributed by atoms with Crippen LogP contribution in [0.4, 0.5) is 0 Å². The van der Waals surface area contributed by atoms with Crippen molar-refractivity contribution in [2.75, 3.05) is 7.11 Å². The number of phenols is 1. The number of ether oxygens (including phenoxy) is 6. The number of aromatic hydroxyl groups is 1. The Morgan fingerprint density at radius 2 is 1.65 bits per heavy atom. The van der Waals surface area contributed by atoms with Gasteiger partial charge in [-0.15, -0.1) is 0 Å². The zero-order valence-corrected chi connectivity index (χ0v) is 32.3. The van der Waals surface area contributed by atoms with Crippen LogP contribution in [0.1, 0.15) is 90.2 Å². The molecule has 0 amide bonds. The van der Waals surface area contributed by atoms with Gasteiger partial charge < -0.3 is 38.0 Å². The summed E-state index contributed by atoms with van der Waals surface area (Å²) in [5.74, 6) is -1.33. The van der Waals surface area contributed by atoms with Crippen molar-refractivity contribution in [2.24, 2.45) is 5.92 Å². The van der Waals surface area contributed by atoms with Gasteiger partial charge in [-0.2, -0.15) is 0 Å². The van der Waals surface area contributed by atoms with Crippen molar-refractivity contribution in [1.29, 1.82) is 0 Å². The molecule has 4 rings (SSSR count). The molecule has 2 aliphatic rings. The van der Waals surface area contributed by atoms with E-state index < -0.39 is 38.1 Å². The highest BCUT2D eigenvalue weighted by molar-refractivity contribution is 6.74. The highest BCUT2D eigenvalue weighted by Gasteiger charge is 2.45. The summed E-state index contributed by atoms with van der Waals surface area (Å²) in [7, 11) is -0.312. The maximum Gasteiger partial charge on any atom is 0.345 e. The largest absolute Gasteiger partial charge is 0.508 e. The van der Waals surface area contributed by atoms with Crippen molar-refractivity contribution in [3.05, 3.63) is 71.3 Å². The minimum atomic E-state index is -1.96. The quantitative estimate of drug-likeness (QED) is 0.125. The second-order valence-corrected chi connectivity index (χ2v) is 20.3. The smallest absolute Gasteiger partial charge is 0.345 e. The fourth-order valence-corrected chi connectivity index (χ4v) is 7.13. The molecule has 1 saturated heterocycles. The molecular formula is C39H56O9Si. The number of rotatable bonds is 13. The van der Waals surface area contributed by atoms with Crippen LogP contribution in [0.5, 0.6) is 17.2 Å². The number of benzene rings is 2. The van der Waals surface area contributed by atoms with E-state index in [1.54, 1.807) is 27.0 Å². The van der Waals surface area contributed by atoms with Crippen LogP contribution in [0.15, 0.2) is 54.6 Å². The van der Waals surface area contributed by atoms with Crippen molar-refractivity contribution < 1.29 is 42.7 Å². The molecule has 0 radical (unpaired) electrons. The van der Waals surface area contributed by atoms with E-state index in [0.29, 0.717) is 18.6 Å². The van der Waals surface area contributed by atoms with Crippen molar-refractivity contribution >= 4 is 20.4 Å². The van der Waals surface area contributed by atoms with Gasteiger partial charge in [0.05, 0.1) is 19.8 Å². The van der Waals surface area contributed by atoms with Gasteiger partial charge >= 0.3 is 5.97 Å². The number of carbonyl (C=O) groups excluding carboxylic acids is 1. The summed E-state index contributed by atoms with van der Waals surface area (Å²) in [5, 5.41) is 10.5. The van der Waals surface area contributed by atoms with Gasteiger partial charge in [0.25, 0.3) is 0 Å². The van der Waals surface area contributed by atoms with E-state index in [9.17, 15) is 9.90 Å². The Hall–Kier alpha value is -3.15. The normalized spacial score (nSPS) is 22.4. The summed E-state index contributed by atoms with van der Waals surface area (Å²) in [5.41, 5.74) is 1.75. The predicted molar refractivity (Wildman–Crippen MR) is 193 cm³/mol. The van der Waals surface area contributed by atoms with E-state index in [0.717, 1.165) is 11.3 Å². The number of hydrogen-bond donors (Lipinski definition) is 1. The van der Waals surface area contributed by atoms with E-state index in [1.165, 1.54) is 12.1 Å². The van der Waals surface area contributed by atoms with Crippen molar-refractivity contribution in [3.63, 3.8) is 0 Å². The highest BCUT2D eigenvalue weighted by Crippen LogP contribution is 2.40. The topological polar surface area (TPSA) is 102 Å². The molecule has 0 aromatic heterocycles. The van der Waals surface area contributed by atoms with Crippen molar-refractivity contribution in [1.82, 2.24) is 0 Å². The summed E-state index contributed by atoms with van der Waals surface area (Å²) in [4.78, 5) is 12.9. The third-order valence-corrected chi connectivity index (χ3v) is 14.0. The first kappa shape index (κ1) is 38.6. The molecule has 9 nitrogen and oxygen atoms in total. The minimum Gasteiger partial charge on any atom is -0.508 e. The molecule has 0 saturated carbocycles. The van der Waals surface area contributed by atoms with Crippen LogP contribution in [0.3, 0.4) is 0 Å². The Labute approximate surface area is 293 Å². The summed E-state index contributed by atoms with van der Waals surface area (Å²) < 4.78 is 42.8. The number of cyclic esters (lactones) is 1. The van der Waals surface area contributed by atoms with Gasteiger partial charge in [-0.1, -0.05) is 64.1 Å². The van der Waals surface area contributed by atoms with Gasteiger partial charge in [0.1, 0.15) is 35.0 Å². The first-order valence-electron chi connectivity index (χ1n) is 17.1. The maximum atomic E-state index is 12.9. The average Bonchev–Trinajstić information content (AvgIpc) is 3.28. The van der Waals surface area contributed by atoms with Crippen molar-refractivity contribution in [3.8, 4) is 17.2 Å². The predicted octanol–water partition coefficient (Wildman–Crippen LogP) is 8.80. The second kappa shape index (κ2) is 15.0. The van der Waals surface area contributed by atoms with Crippen LogP contribution >= 0.6 is 0 Å². The fraction of sp³-hybridized carbons (Fsp3) is 0.564. The lowest BCUT2D eigenvalue weighted by atomic mass is 9.99. The Bertz CT molecular complexity index is 1500. The number of phenolic OH excluding ortho intramolecular Hbond substituents is 1. The molecule has 1 N–H and O–H groups in total. The third kappa shape index (κ3) is 9.98. The molecule has 5 atom stereocenters. The lowest BCUT2D eigenvalue weighted by Crippen LogP contribution is -2.44. The number of fused-ring (bicyclic) bond motifs is 1. The maximum absolute atomic E-state index is 12.9. The Morgan fingerprint density at radius 3 is 2.29 bits per heavy atom. The van der Waals surface area contributed by atoms with E-state index in [-0.39, 0.29) is 40.2 Å². The summed E-state index contributed by atoms with van der Waals surface area (Å²) in [6, 6.07) is 10.7. The molecule has 10 heteroatoms. The van der Waals surface area contributed by atoms with Crippen LogP contribution in [-0.2, 0) is 30.0 Å². The summed E-state index contributed by atoms with van der Waals surface area (Å²) >= 11 is 0. The van der Waals surface area contributed by atoms with E-state index in [2.05, 4.69) is 59.9 Å². The molecule has 0 bridgehead atoms. The molecule has 1 fully saturated rings. The summed E-state index contributed by atoms with van der Waals surface area (Å²) in [6.45, 7) is 23.0. The Morgan fingerprint density at radius 1 is 0.980 bits per heavy atom. The number of methoxy groups -OCH3 is 1. The molecular weight excluding hydrogens is 641 g/mol. The van der Waals surface area contributed by atoms with Crippen LogP contribution in [0.2, 0.25) is 18.1 Å². The molecule has 0 spiro atoms. The van der Waals surface area contributed by atoms with Crippen LogP contribution in [0, 0.1) is 5.92 Å². The lowest BCUT2D eigenvalue weighted by molar-refractivity contribution is -0.156.